The molecule has 1 aromatic carbocycles. The van der Waals surface area contributed by atoms with Crippen molar-refractivity contribution >= 4 is 5.78 Å². The highest BCUT2D eigenvalue weighted by molar-refractivity contribution is 6.02. The number of Topliss-reactive ketones (excluding diaryl/α,β-unsaturated/α-hetero) is 1. The van der Waals surface area contributed by atoms with E-state index in [0.717, 1.165) is 22.7 Å². The van der Waals surface area contributed by atoms with Crippen LogP contribution in [0.5, 0.6) is 5.75 Å². The van der Waals surface area contributed by atoms with Gasteiger partial charge in [0.2, 0.25) is 0 Å². The fourth-order valence-corrected chi connectivity index (χ4v) is 2.93. The highest BCUT2D eigenvalue weighted by Gasteiger charge is 2.42. The van der Waals surface area contributed by atoms with Gasteiger partial charge in [0.1, 0.15) is 5.75 Å². The molecule has 2 aromatic rings. The topological polar surface area (TPSA) is 79.7 Å². The predicted octanol–water partition coefficient (Wildman–Crippen LogP) is 1.86. The van der Waals surface area contributed by atoms with Crippen LogP contribution in [0.25, 0.3) is 11.3 Å². The molecule has 5 nitrogen and oxygen atoms in total. The molecule has 0 unspecified atom stereocenters. The molecule has 0 atom stereocenters. The Bertz CT molecular complexity index is 720. The zero-order chi connectivity index (χ0) is 16.4. The number of aromatic nitrogens is 1. The molecule has 0 saturated heterocycles. The summed E-state index contributed by atoms with van der Waals surface area (Å²) in [7, 11) is 1.62. The molecule has 1 aromatic heterocycles. The zero-order valence-corrected chi connectivity index (χ0v) is 13.0. The van der Waals surface area contributed by atoms with Crippen molar-refractivity contribution in [1.82, 2.24) is 4.98 Å². The van der Waals surface area contributed by atoms with Crippen LogP contribution < -0.4 is 4.74 Å². The molecule has 0 aliphatic heterocycles. The maximum absolute atomic E-state index is 12.6. The first-order valence-electron chi connectivity index (χ1n) is 7.54. The Morgan fingerprint density at radius 2 is 1.83 bits per heavy atom. The number of hydrogen-bond donors (Lipinski definition) is 2. The normalized spacial score (nSPS) is 16.0. The van der Waals surface area contributed by atoms with Gasteiger partial charge >= 0.3 is 0 Å². The number of pyridine rings is 1. The molecule has 5 heteroatoms. The number of ketones is 1. The van der Waals surface area contributed by atoms with Gasteiger partial charge in [-0.3, -0.25) is 9.78 Å². The van der Waals surface area contributed by atoms with E-state index in [9.17, 15) is 15.0 Å². The molecule has 0 bridgehead atoms. The third kappa shape index (κ3) is 2.62. The van der Waals surface area contributed by atoms with E-state index < -0.39 is 5.41 Å². The SMILES string of the molecule is COc1ccc(-c2ccc3c(n2)CCC(CO)(CO)C3=O)cc1. The van der Waals surface area contributed by atoms with Gasteiger partial charge in [0.15, 0.2) is 5.78 Å². The average molecular weight is 313 g/mol. The van der Waals surface area contributed by atoms with Crippen molar-refractivity contribution < 1.29 is 19.7 Å². The van der Waals surface area contributed by atoms with Crippen LogP contribution in [0.1, 0.15) is 22.5 Å². The summed E-state index contributed by atoms with van der Waals surface area (Å²) < 4.78 is 5.14. The largest absolute Gasteiger partial charge is 0.497 e. The Morgan fingerprint density at radius 1 is 1.13 bits per heavy atom. The molecule has 0 spiro atoms. The number of nitrogens with zero attached hydrogens (tertiary/aromatic N) is 1. The summed E-state index contributed by atoms with van der Waals surface area (Å²) in [4.78, 5) is 17.2. The van der Waals surface area contributed by atoms with Crippen LogP contribution in [-0.2, 0) is 6.42 Å². The van der Waals surface area contributed by atoms with Crippen molar-refractivity contribution in [2.24, 2.45) is 5.41 Å². The van der Waals surface area contributed by atoms with E-state index in [1.54, 1.807) is 19.2 Å². The molecule has 120 valence electrons. The average Bonchev–Trinajstić information content (AvgIpc) is 2.62. The molecule has 0 saturated carbocycles. The lowest BCUT2D eigenvalue weighted by molar-refractivity contribution is 0.0343. The van der Waals surface area contributed by atoms with Crippen LogP contribution in [0, 0.1) is 5.41 Å². The first-order valence-corrected chi connectivity index (χ1v) is 7.54. The van der Waals surface area contributed by atoms with E-state index in [4.69, 9.17) is 4.74 Å². The molecule has 2 N–H and O–H groups in total. The number of methoxy groups -OCH3 is 1. The zero-order valence-electron chi connectivity index (χ0n) is 13.0. The molecule has 1 heterocycles. The number of carbonyl (C=O) groups is 1. The smallest absolute Gasteiger partial charge is 0.175 e. The van der Waals surface area contributed by atoms with Gasteiger partial charge in [-0.2, -0.15) is 0 Å². The van der Waals surface area contributed by atoms with Crippen molar-refractivity contribution in [3.63, 3.8) is 0 Å². The maximum atomic E-state index is 12.6. The third-order valence-corrected chi connectivity index (χ3v) is 4.53. The van der Waals surface area contributed by atoms with E-state index in [0.29, 0.717) is 18.4 Å². The summed E-state index contributed by atoms with van der Waals surface area (Å²) in [6.45, 7) is -0.690. The first-order chi connectivity index (χ1) is 11.1. The minimum atomic E-state index is -1.07. The second kappa shape index (κ2) is 6.10. The first kappa shape index (κ1) is 15.6. The van der Waals surface area contributed by atoms with Crippen LogP contribution in [-0.4, -0.2) is 41.3 Å². The van der Waals surface area contributed by atoms with Crippen molar-refractivity contribution in [2.75, 3.05) is 20.3 Å². The maximum Gasteiger partial charge on any atom is 0.175 e. The Morgan fingerprint density at radius 3 is 2.43 bits per heavy atom. The number of benzene rings is 1. The van der Waals surface area contributed by atoms with E-state index in [2.05, 4.69) is 4.98 Å². The summed E-state index contributed by atoms with van der Waals surface area (Å²) >= 11 is 0. The van der Waals surface area contributed by atoms with Gasteiger partial charge in [-0.1, -0.05) is 0 Å². The number of aliphatic hydroxyl groups is 2. The van der Waals surface area contributed by atoms with E-state index in [-0.39, 0.29) is 19.0 Å². The number of ether oxygens (including phenoxy) is 1. The van der Waals surface area contributed by atoms with E-state index in [1.807, 2.05) is 24.3 Å². The highest BCUT2D eigenvalue weighted by atomic mass is 16.5. The van der Waals surface area contributed by atoms with Crippen molar-refractivity contribution in [1.29, 1.82) is 0 Å². The summed E-state index contributed by atoms with van der Waals surface area (Å²) in [5, 5.41) is 19.0. The summed E-state index contributed by atoms with van der Waals surface area (Å²) in [6, 6.07) is 11.1. The predicted molar refractivity (Wildman–Crippen MR) is 85.5 cm³/mol. The Kier molecular flexibility index (Phi) is 4.15. The quantitative estimate of drug-likeness (QED) is 0.900. The number of aryl methyl sites for hydroxylation is 1. The third-order valence-electron chi connectivity index (χ3n) is 4.53. The Hall–Kier alpha value is -2.24. The van der Waals surface area contributed by atoms with Gasteiger partial charge in [0.05, 0.1) is 37.1 Å². The molecular formula is C18H19NO4. The van der Waals surface area contributed by atoms with E-state index >= 15 is 0 Å². The molecule has 1 aliphatic carbocycles. The fraction of sp³-hybridized carbons (Fsp3) is 0.333. The molecule has 0 fully saturated rings. The minimum Gasteiger partial charge on any atom is -0.497 e. The number of aliphatic hydroxyl groups excluding tert-OH is 2. The van der Waals surface area contributed by atoms with Crippen LogP contribution in [0.2, 0.25) is 0 Å². The summed E-state index contributed by atoms with van der Waals surface area (Å²) in [5.41, 5.74) is 1.88. The minimum absolute atomic E-state index is 0.225. The van der Waals surface area contributed by atoms with Crippen molar-refractivity contribution in [3.05, 3.63) is 47.7 Å². The van der Waals surface area contributed by atoms with Gasteiger partial charge in [-0.05, 0) is 49.2 Å². The van der Waals surface area contributed by atoms with Crippen molar-refractivity contribution in [2.45, 2.75) is 12.8 Å². The molecular weight excluding hydrogens is 294 g/mol. The lowest BCUT2D eigenvalue weighted by Crippen LogP contribution is -2.42. The van der Waals surface area contributed by atoms with Gasteiger partial charge in [-0.15, -0.1) is 0 Å². The second-order valence-electron chi connectivity index (χ2n) is 5.84. The highest BCUT2D eigenvalue weighted by Crippen LogP contribution is 2.35. The lowest BCUT2D eigenvalue weighted by Gasteiger charge is -2.32. The fourth-order valence-electron chi connectivity index (χ4n) is 2.93. The summed E-state index contributed by atoms with van der Waals surface area (Å²) in [6.07, 6.45) is 0.969. The van der Waals surface area contributed by atoms with Gasteiger partial charge in [-0.25, -0.2) is 0 Å². The number of hydrogen-bond acceptors (Lipinski definition) is 5. The molecule has 23 heavy (non-hydrogen) atoms. The lowest BCUT2D eigenvalue weighted by atomic mass is 9.72. The van der Waals surface area contributed by atoms with Crippen LogP contribution in [0.15, 0.2) is 36.4 Å². The van der Waals surface area contributed by atoms with Crippen LogP contribution in [0.3, 0.4) is 0 Å². The van der Waals surface area contributed by atoms with E-state index in [1.165, 1.54) is 0 Å². The Balaban J connectivity index is 1.96. The molecule has 0 amide bonds. The molecule has 3 rings (SSSR count). The number of rotatable bonds is 4. The standard InChI is InChI=1S/C18H19NO4/c1-23-13-4-2-12(3-5-13)15-7-6-14-16(19-15)8-9-18(10-20,11-21)17(14)22/h2-7,20-21H,8-11H2,1H3. The van der Waals surface area contributed by atoms with Crippen molar-refractivity contribution in [3.8, 4) is 17.0 Å². The van der Waals surface area contributed by atoms with Crippen LogP contribution >= 0.6 is 0 Å². The molecule has 0 radical (unpaired) electrons. The number of fused-ring (bicyclic) bond motifs is 1. The second-order valence-corrected chi connectivity index (χ2v) is 5.84. The van der Waals surface area contributed by atoms with Gasteiger partial charge in [0.25, 0.3) is 0 Å². The Labute approximate surface area is 134 Å². The van der Waals surface area contributed by atoms with Gasteiger partial charge < -0.3 is 14.9 Å². The van der Waals surface area contributed by atoms with Crippen LogP contribution in [0.4, 0.5) is 0 Å². The monoisotopic (exact) mass is 313 g/mol. The molecule has 1 aliphatic rings. The number of carbonyl (C=O) groups excluding carboxylic acids is 1. The van der Waals surface area contributed by atoms with Gasteiger partial charge in [0, 0.05) is 11.1 Å². The summed E-state index contributed by atoms with van der Waals surface area (Å²) in [5.74, 6) is 0.551.